The van der Waals surface area contributed by atoms with Crippen LogP contribution in [-0.4, -0.2) is 17.0 Å². The molecule has 0 atom stereocenters. The molecule has 4 nitrogen and oxygen atoms in total. The van der Waals surface area contributed by atoms with Gasteiger partial charge in [0.2, 0.25) is 0 Å². The molecule has 0 aromatic heterocycles. The number of halogens is 1. The first-order valence-electron chi connectivity index (χ1n) is 3.72. The molecule has 74 valence electrons. The molecule has 1 aromatic rings. The SMILES string of the molecule is CC(=O)Oc1ccc(Cl)cc1C(=O)O. The number of hydrogen-bond donors (Lipinski definition) is 1. The highest BCUT2D eigenvalue weighted by atomic mass is 35.5. The largest absolute Gasteiger partial charge is 0.478 e. The predicted octanol–water partition coefficient (Wildman–Crippen LogP) is 1.96. The van der Waals surface area contributed by atoms with E-state index in [-0.39, 0.29) is 16.3 Å². The monoisotopic (exact) mass is 214 g/mol. The van der Waals surface area contributed by atoms with Crippen LogP contribution in [0.1, 0.15) is 17.3 Å². The summed E-state index contributed by atoms with van der Waals surface area (Å²) < 4.78 is 4.68. The summed E-state index contributed by atoms with van der Waals surface area (Å²) in [6.45, 7) is 1.19. The van der Waals surface area contributed by atoms with Crippen molar-refractivity contribution in [3.63, 3.8) is 0 Å². The maximum absolute atomic E-state index is 10.7. The minimum atomic E-state index is -1.19. The van der Waals surface area contributed by atoms with E-state index in [1.165, 1.54) is 25.1 Å². The van der Waals surface area contributed by atoms with Gasteiger partial charge in [-0.3, -0.25) is 4.79 Å². The highest BCUT2D eigenvalue weighted by Crippen LogP contribution is 2.22. The molecule has 1 N–H and O–H groups in total. The second kappa shape index (κ2) is 4.11. The molecule has 0 radical (unpaired) electrons. The van der Waals surface area contributed by atoms with Gasteiger partial charge >= 0.3 is 11.9 Å². The third kappa shape index (κ3) is 2.47. The normalized spacial score (nSPS) is 9.57. The zero-order valence-corrected chi connectivity index (χ0v) is 8.04. The molecule has 1 aromatic carbocycles. The van der Waals surface area contributed by atoms with Gasteiger partial charge in [-0.05, 0) is 18.2 Å². The molecule has 0 saturated carbocycles. The molecule has 0 amide bonds. The minimum absolute atomic E-state index is 0.00519. The number of carbonyl (C=O) groups excluding carboxylic acids is 1. The average molecular weight is 215 g/mol. The van der Waals surface area contributed by atoms with Crippen LogP contribution in [-0.2, 0) is 4.79 Å². The highest BCUT2D eigenvalue weighted by molar-refractivity contribution is 6.31. The lowest BCUT2D eigenvalue weighted by Gasteiger charge is -2.05. The van der Waals surface area contributed by atoms with Crippen molar-refractivity contribution < 1.29 is 19.4 Å². The van der Waals surface area contributed by atoms with Crippen molar-refractivity contribution >= 4 is 23.5 Å². The van der Waals surface area contributed by atoms with E-state index in [9.17, 15) is 9.59 Å². The second-order valence-corrected chi connectivity index (χ2v) is 2.98. The number of rotatable bonds is 2. The molecule has 5 heteroatoms. The van der Waals surface area contributed by atoms with E-state index in [0.717, 1.165) is 0 Å². The molecule has 1 rings (SSSR count). The first-order chi connectivity index (χ1) is 6.50. The topological polar surface area (TPSA) is 63.6 Å². The standard InChI is InChI=1S/C9H7ClO4/c1-5(11)14-8-3-2-6(10)4-7(8)9(12)13/h2-4H,1H3,(H,12,13). The number of hydrogen-bond acceptors (Lipinski definition) is 3. The van der Waals surface area contributed by atoms with Crippen molar-refractivity contribution in [3.05, 3.63) is 28.8 Å². The molecule has 0 aliphatic rings. The molecule has 0 saturated heterocycles. The van der Waals surface area contributed by atoms with Crippen LogP contribution in [0.3, 0.4) is 0 Å². The van der Waals surface area contributed by atoms with Crippen LogP contribution in [0.5, 0.6) is 5.75 Å². The van der Waals surface area contributed by atoms with E-state index in [2.05, 4.69) is 4.74 Å². The van der Waals surface area contributed by atoms with Gasteiger partial charge in [-0.2, -0.15) is 0 Å². The lowest BCUT2D eigenvalue weighted by atomic mass is 10.2. The zero-order valence-electron chi connectivity index (χ0n) is 7.28. The van der Waals surface area contributed by atoms with Crippen LogP contribution in [0.2, 0.25) is 5.02 Å². The lowest BCUT2D eigenvalue weighted by molar-refractivity contribution is -0.131. The maximum Gasteiger partial charge on any atom is 0.339 e. The number of aromatic carboxylic acids is 1. The fraction of sp³-hybridized carbons (Fsp3) is 0.111. The number of ether oxygens (including phenoxy) is 1. The molecule has 0 aliphatic carbocycles. The summed E-state index contributed by atoms with van der Waals surface area (Å²) in [7, 11) is 0. The Hall–Kier alpha value is -1.55. The van der Waals surface area contributed by atoms with E-state index < -0.39 is 11.9 Å². The molecular formula is C9H7ClO4. The fourth-order valence-corrected chi connectivity index (χ4v) is 1.09. The summed E-state index contributed by atoms with van der Waals surface area (Å²) in [5, 5.41) is 9.03. The second-order valence-electron chi connectivity index (χ2n) is 2.54. The summed E-state index contributed by atoms with van der Waals surface area (Å²) >= 11 is 5.59. The molecule has 14 heavy (non-hydrogen) atoms. The molecular weight excluding hydrogens is 208 g/mol. The summed E-state index contributed by atoms with van der Waals surface area (Å²) in [6.07, 6.45) is 0. The molecule has 0 fully saturated rings. The van der Waals surface area contributed by atoms with E-state index in [0.29, 0.717) is 0 Å². The van der Waals surface area contributed by atoms with E-state index in [1.807, 2.05) is 0 Å². The lowest BCUT2D eigenvalue weighted by Crippen LogP contribution is -2.07. The van der Waals surface area contributed by atoms with Gasteiger partial charge < -0.3 is 9.84 Å². The molecule has 0 bridgehead atoms. The van der Waals surface area contributed by atoms with Crippen LogP contribution >= 0.6 is 11.6 Å². The Labute approximate surface area is 85.1 Å². The van der Waals surface area contributed by atoms with Gasteiger partial charge in [-0.1, -0.05) is 11.6 Å². The van der Waals surface area contributed by atoms with Crippen molar-refractivity contribution in [2.75, 3.05) is 0 Å². The summed E-state index contributed by atoms with van der Waals surface area (Å²) in [4.78, 5) is 21.3. The quantitative estimate of drug-likeness (QED) is 0.604. The van der Waals surface area contributed by atoms with Gasteiger partial charge in [0.1, 0.15) is 11.3 Å². The number of carboxylic acid groups (broad SMARTS) is 1. The predicted molar refractivity (Wildman–Crippen MR) is 49.7 cm³/mol. The van der Waals surface area contributed by atoms with Crippen LogP contribution in [0, 0.1) is 0 Å². The van der Waals surface area contributed by atoms with Crippen molar-refractivity contribution in [1.29, 1.82) is 0 Å². The molecule has 0 aliphatic heterocycles. The zero-order chi connectivity index (χ0) is 10.7. The Morgan fingerprint density at radius 1 is 1.43 bits per heavy atom. The summed E-state index contributed by atoms with van der Waals surface area (Å²) in [5.41, 5.74) is -0.132. The van der Waals surface area contributed by atoms with Gasteiger partial charge in [0.15, 0.2) is 0 Å². The van der Waals surface area contributed by atoms with Crippen molar-refractivity contribution in [2.24, 2.45) is 0 Å². The van der Waals surface area contributed by atoms with Gasteiger partial charge in [0.05, 0.1) is 0 Å². The molecule has 0 spiro atoms. The Morgan fingerprint density at radius 3 is 2.57 bits per heavy atom. The molecule has 0 heterocycles. The Balaban J connectivity index is 3.14. The Morgan fingerprint density at radius 2 is 2.07 bits per heavy atom. The Bertz CT molecular complexity index is 386. The van der Waals surface area contributed by atoms with Crippen LogP contribution < -0.4 is 4.74 Å². The smallest absolute Gasteiger partial charge is 0.339 e. The summed E-state index contributed by atoms with van der Waals surface area (Å²) in [6, 6.07) is 4.02. The van der Waals surface area contributed by atoms with Crippen LogP contribution in [0.25, 0.3) is 0 Å². The average Bonchev–Trinajstić information content (AvgIpc) is 2.07. The summed E-state index contributed by atoms with van der Waals surface area (Å²) in [5.74, 6) is -1.77. The van der Waals surface area contributed by atoms with Crippen molar-refractivity contribution in [3.8, 4) is 5.75 Å². The van der Waals surface area contributed by atoms with E-state index >= 15 is 0 Å². The van der Waals surface area contributed by atoms with Crippen LogP contribution in [0.4, 0.5) is 0 Å². The number of benzene rings is 1. The Kier molecular flexibility index (Phi) is 3.09. The van der Waals surface area contributed by atoms with Gasteiger partial charge in [0, 0.05) is 11.9 Å². The van der Waals surface area contributed by atoms with E-state index in [4.69, 9.17) is 16.7 Å². The first kappa shape index (κ1) is 10.5. The fourth-order valence-electron chi connectivity index (χ4n) is 0.913. The first-order valence-corrected chi connectivity index (χ1v) is 4.10. The number of carbonyl (C=O) groups is 2. The van der Waals surface area contributed by atoms with E-state index in [1.54, 1.807) is 0 Å². The third-order valence-electron chi connectivity index (χ3n) is 1.43. The maximum atomic E-state index is 10.7. The van der Waals surface area contributed by atoms with Gasteiger partial charge in [-0.15, -0.1) is 0 Å². The van der Waals surface area contributed by atoms with Crippen molar-refractivity contribution in [1.82, 2.24) is 0 Å². The van der Waals surface area contributed by atoms with Gasteiger partial charge in [-0.25, -0.2) is 4.79 Å². The minimum Gasteiger partial charge on any atom is -0.478 e. The van der Waals surface area contributed by atoms with Crippen LogP contribution in [0.15, 0.2) is 18.2 Å². The number of carboxylic acids is 1. The third-order valence-corrected chi connectivity index (χ3v) is 1.66. The van der Waals surface area contributed by atoms with Crippen molar-refractivity contribution in [2.45, 2.75) is 6.92 Å². The number of esters is 1. The van der Waals surface area contributed by atoms with Gasteiger partial charge in [0.25, 0.3) is 0 Å². The highest BCUT2D eigenvalue weighted by Gasteiger charge is 2.13. The molecule has 0 unspecified atom stereocenters.